The summed E-state index contributed by atoms with van der Waals surface area (Å²) in [5, 5.41) is 3.41. The molecule has 1 aliphatic rings. The van der Waals surface area contributed by atoms with Crippen molar-refractivity contribution in [2.45, 2.75) is 18.8 Å². The summed E-state index contributed by atoms with van der Waals surface area (Å²) in [6.45, 7) is 2.29. The molecule has 1 saturated heterocycles. The van der Waals surface area contributed by atoms with Gasteiger partial charge in [0.25, 0.3) is 0 Å². The van der Waals surface area contributed by atoms with Gasteiger partial charge in [0.05, 0.1) is 5.69 Å². The third-order valence-electron chi connectivity index (χ3n) is 3.68. The maximum atomic E-state index is 4.38. The molecule has 2 heteroatoms. The van der Waals surface area contributed by atoms with Gasteiger partial charge in [-0.05, 0) is 49.5 Å². The van der Waals surface area contributed by atoms with Crippen LogP contribution in [0.25, 0.3) is 11.3 Å². The van der Waals surface area contributed by atoms with Crippen LogP contribution in [0, 0.1) is 0 Å². The second-order valence-corrected chi connectivity index (χ2v) is 4.86. The van der Waals surface area contributed by atoms with Crippen LogP contribution < -0.4 is 5.32 Å². The summed E-state index contributed by atoms with van der Waals surface area (Å²) in [7, 11) is 0. The molecule has 1 fully saturated rings. The van der Waals surface area contributed by atoms with Gasteiger partial charge in [-0.2, -0.15) is 0 Å². The zero-order chi connectivity index (χ0) is 12.2. The van der Waals surface area contributed by atoms with Crippen LogP contribution in [0.4, 0.5) is 0 Å². The maximum absolute atomic E-state index is 4.38. The van der Waals surface area contributed by atoms with E-state index in [1.54, 1.807) is 0 Å². The summed E-state index contributed by atoms with van der Waals surface area (Å²) in [6, 6.07) is 15.0. The number of piperidine rings is 1. The standard InChI is InChI=1S/C16H18N2/c1-2-10-18-16(3-1)15-6-4-13(5-7-15)14-8-11-17-12-9-14/h1-7,10,14,17H,8-9,11-12H2. The Morgan fingerprint density at radius 1 is 0.944 bits per heavy atom. The van der Waals surface area contributed by atoms with E-state index in [1.165, 1.54) is 24.0 Å². The molecule has 1 aromatic heterocycles. The molecular formula is C16H18N2. The molecular weight excluding hydrogens is 220 g/mol. The lowest BCUT2D eigenvalue weighted by atomic mass is 9.89. The third kappa shape index (κ3) is 2.44. The minimum atomic E-state index is 0.726. The minimum absolute atomic E-state index is 0.726. The molecule has 0 radical (unpaired) electrons. The Morgan fingerprint density at radius 2 is 1.72 bits per heavy atom. The fourth-order valence-corrected chi connectivity index (χ4v) is 2.61. The van der Waals surface area contributed by atoms with Gasteiger partial charge in [-0.3, -0.25) is 4.98 Å². The lowest BCUT2D eigenvalue weighted by Crippen LogP contribution is -2.26. The van der Waals surface area contributed by atoms with Gasteiger partial charge < -0.3 is 5.32 Å². The summed E-state index contributed by atoms with van der Waals surface area (Å²) in [5.74, 6) is 0.726. The van der Waals surface area contributed by atoms with E-state index >= 15 is 0 Å². The first-order valence-electron chi connectivity index (χ1n) is 6.65. The quantitative estimate of drug-likeness (QED) is 0.869. The number of nitrogens with zero attached hydrogens (tertiary/aromatic N) is 1. The minimum Gasteiger partial charge on any atom is -0.317 e. The Balaban J connectivity index is 1.80. The number of hydrogen-bond donors (Lipinski definition) is 1. The molecule has 1 aromatic carbocycles. The molecule has 0 spiro atoms. The van der Waals surface area contributed by atoms with E-state index in [9.17, 15) is 0 Å². The summed E-state index contributed by atoms with van der Waals surface area (Å²) in [4.78, 5) is 4.38. The highest BCUT2D eigenvalue weighted by Crippen LogP contribution is 2.27. The first kappa shape index (κ1) is 11.4. The lowest BCUT2D eigenvalue weighted by molar-refractivity contribution is 0.460. The number of nitrogens with one attached hydrogen (secondary N) is 1. The molecule has 18 heavy (non-hydrogen) atoms. The third-order valence-corrected chi connectivity index (χ3v) is 3.68. The molecule has 0 aliphatic carbocycles. The van der Waals surface area contributed by atoms with Crippen molar-refractivity contribution in [3.63, 3.8) is 0 Å². The van der Waals surface area contributed by atoms with E-state index < -0.39 is 0 Å². The van der Waals surface area contributed by atoms with Gasteiger partial charge in [-0.1, -0.05) is 30.3 Å². The summed E-state index contributed by atoms with van der Waals surface area (Å²) >= 11 is 0. The zero-order valence-corrected chi connectivity index (χ0v) is 10.5. The van der Waals surface area contributed by atoms with Crippen molar-refractivity contribution in [3.8, 4) is 11.3 Å². The van der Waals surface area contributed by atoms with Gasteiger partial charge in [0.2, 0.25) is 0 Å². The molecule has 0 amide bonds. The Kier molecular flexibility index (Phi) is 3.37. The van der Waals surface area contributed by atoms with Gasteiger partial charge in [0.15, 0.2) is 0 Å². The molecule has 3 rings (SSSR count). The van der Waals surface area contributed by atoms with Gasteiger partial charge in [0.1, 0.15) is 0 Å². The van der Waals surface area contributed by atoms with Crippen LogP contribution in [0.2, 0.25) is 0 Å². The van der Waals surface area contributed by atoms with Crippen molar-refractivity contribution >= 4 is 0 Å². The zero-order valence-electron chi connectivity index (χ0n) is 10.5. The molecule has 0 atom stereocenters. The fraction of sp³-hybridized carbons (Fsp3) is 0.312. The van der Waals surface area contributed by atoms with Gasteiger partial charge in [-0.25, -0.2) is 0 Å². The molecule has 1 N–H and O–H groups in total. The highest BCUT2D eigenvalue weighted by Gasteiger charge is 2.14. The molecule has 2 heterocycles. The van der Waals surface area contributed by atoms with E-state index in [-0.39, 0.29) is 0 Å². The Morgan fingerprint density at radius 3 is 2.39 bits per heavy atom. The second kappa shape index (κ2) is 5.32. The van der Waals surface area contributed by atoms with Gasteiger partial charge in [0, 0.05) is 11.8 Å². The molecule has 0 saturated carbocycles. The average molecular weight is 238 g/mol. The predicted molar refractivity (Wildman–Crippen MR) is 74.5 cm³/mol. The number of hydrogen-bond acceptors (Lipinski definition) is 2. The number of rotatable bonds is 2. The Bertz CT molecular complexity index is 484. The number of pyridine rings is 1. The van der Waals surface area contributed by atoms with Gasteiger partial charge >= 0.3 is 0 Å². The van der Waals surface area contributed by atoms with Crippen molar-refractivity contribution in [2.24, 2.45) is 0 Å². The van der Waals surface area contributed by atoms with Crippen LogP contribution >= 0.6 is 0 Å². The average Bonchev–Trinajstić information content (AvgIpc) is 2.49. The van der Waals surface area contributed by atoms with Crippen molar-refractivity contribution < 1.29 is 0 Å². The first-order chi connectivity index (χ1) is 8.93. The van der Waals surface area contributed by atoms with Gasteiger partial charge in [-0.15, -0.1) is 0 Å². The topological polar surface area (TPSA) is 24.9 Å². The van der Waals surface area contributed by atoms with Crippen LogP contribution in [-0.4, -0.2) is 18.1 Å². The van der Waals surface area contributed by atoms with Crippen LogP contribution in [-0.2, 0) is 0 Å². The smallest absolute Gasteiger partial charge is 0.0701 e. The molecule has 92 valence electrons. The lowest BCUT2D eigenvalue weighted by Gasteiger charge is -2.23. The number of benzene rings is 1. The fourth-order valence-electron chi connectivity index (χ4n) is 2.61. The predicted octanol–water partition coefficient (Wildman–Crippen LogP) is 3.22. The van der Waals surface area contributed by atoms with Crippen LogP contribution in [0.5, 0.6) is 0 Å². The summed E-state index contributed by atoms with van der Waals surface area (Å²) in [6.07, 6.45) is 4.35. The maximum Gasteiger partial charge on any atom is 0.0701 e. The van der Waals surface area contributed by atoms with E-state index in [1.807, 2.05) is 18.3 Å². The molecule has 2 nitrogen and oxygen atoms in total. The number of aromatic nitrogens is 1. The van der Waals surface area contributed by atoms with Crippen molar-refractivity contribution in [2.75, 3.05) is 13.1 Å². The molecule has 1 aliphatic heterocycles. The second-order valence-electron chi connectivity index (χ2n) is 4.86. The van der Waals surface area contributed by atoms with E-state index in [4.69, 9.17) is 0 Å². The highest BCUT2D eigenvalue weighted by molar-refractivity contribution is 5.59. The van der Waals surface area contributed by atoms with E-state index in [0.717, 1.165) is 24.7 Å². The van der Waals surface area contributed by atoms with E-state index in [0.29, 0.717) is 0 Å². The van der Waals surface area contributed by atoms with E-state index in [2.05, 4.69) is 40.6 Å². The van der Waals surface area contributed by atoms with Crippen LogP contribution in [0.1, 0.15) is 24.3 Å². The summed E-state index contributed by atoms with van der Waals surface area (Å²) < 4.78 is 0. The Labute approximate surface area is 108 Å². The summed E-state index contributed by atoms with van der Waals surface area (Å²) in [5.41, 5.74) is 3.72. The molecule has 2 aromatic rings. The largest absolute Gasteiger partial charge is 0.317 e. The Hall–Kier alpha value is -1.67. The monoisotopic (exact) mass is 238 g/mol. The van der Waals surface area contributed by atoms with Crippen molar-refractivity contribution in [1.82, 2.24) is 10.3 Å². The van der Waals surface area contributed by atoms with Crippen LogP contribution in [0.15, 0.2) is 48.7 Å². The molecule has 0 bridgehead atoms. The normalized spacial score (nSPS) is 16.7. The SMILES string of the molecule is c1ccc(-c2ccc(C3CCNCC3)cc2)nc1. The van der Waals surface area contributed by atoms with Crippen molar-refractivity contribution in [1.29, 1.82) is 0 Å². The highest BCUT2D eigenvalue weighted by atomic mass is 14.9. The first-order valence-corrected chi connectivity index (χ1v) is 6.65. The molecule has 0 unspecified atom stereocenters. The van der Waals surface area contributed by atoms with Crippen molar-refractivity contribution in [3.05, 3.63) is 54.2 Å². The van der Waals surface area contributed by atoms with Crippen LogP contribution in [0.3, 0.4) is 0 Å².